The molecule has 1 atom stereocenters. The van der Waals surface area contributed by atoms with Gasteiger partial charge < -0.3 is 14.8 Å². The first-order chi connectivity index (χ1) is 15.6. The average molecular weight is 498 g/mol. The van der Waals surface area contributed by atoms with Gasteiger partial charge in [-0.2, -0.15) is 10.2 Å². The molecule has 3 aromatic heterocycles. The van der Waals surface area contributed by atoms with Crippen molar-refractivity contribution in [2.75, 3.05) is 19.5 Å². The zero-order chi connectivity index (χ0) is 22.2. The first-order valence-electron chi connectivity index (χ1n) is 10.4. The van der Waals surface area contributed by atoms with Crippen molar-refractivity contribution in [1.82, 2.24) is 29.5 Å². The molecule has 5 rings (SSSR count). The summed E-state index contributed by atoms with van der Waals surface area (Å²) in [5.41, 5.74) is 4.14. The van der Waals surface area contributed by atoms with Crippen LogP contribution in [0.2, 0.25) is 0 Å². The van der Waals surface area contributed by atoms with Crippen molar-refractivity contribution in [2.45, 2.75) is 31.8 Å². The molecule has 0 spiro atoms. The summed E-state index contributed by atoms with van der Waals surface area (Å²) in [6, 6.07) is 5.87. The number of ether oxygens (including phenoxy) is 2. The van der Waals surface area contributed by atoms with Gasteiger partial charge in [0, 0.05) is 37.0 Å². The lowest BCUT2D eigenvalue weighted by Crippen LogP contribution is -2.18. The molecule has 1 N–H and O–H groups in total. The summed E-state index contributed by atoms with van der Waals surface area (Å²) in [6.07, 6.45) is 6.74. The van der Waals surface area contributed by atoms with E-state index < -0.39 is 0 Å². The Kier molecular flexibility index (Phi) is 5.46. The fourth-order valence-electron chi connectivity index (χ4n) is 4.36. The number of hydrogen-bond donors (Lipinski definition) is 1. The first-order valence-corrected chi connectivity index (χ1v) is 11.2. The van der Waals surface area contributed by atoms with Crippen LogP contribution in [0.3, 0.4) is 0 Å². The van der Waals surface area contributed by atoms with Crippen molar-refractivity contribution in [3.8, 4) is 11.5 Å². The summed E-state index contributed by atoms with van der Waals surface area (Å²) in [6.45, 7) is 0.535. The Hall–Kier alpha value is -3.14. The normalized spacial score (nSPS) is 15.6. The van der Waals surface area contributed by atoms with Gasteiger partial charge in [-0.25, -0.2) is 14.6 Å². The third-order valence-electron chi connectivity index (χ3n) is 5.87. The number of benzene rings is 1. The van der Waals surface area contributed by atoms with Gasteiger partial charge in [-0.15, -0.1) is 0 Å². The lowest BCUT2D eigenvalue weighted by atomic mass is 9.93. The number of aryl methyl sites for hydroxylation is 2. The molecule has 0 bridgehead atoms. The van der Waals surface area contributed by atoms with E-state index in [1.165, 1.54) is 5.56 Å². The Labute approximate surface area is 193 Å². The van der Waals surface area contributed by atoms with Crippen molar-refractivity contribution in [3.05, 3.63) is 52.1 Å². The SMILES string of the molecule is COc1ccc(CNc2ncnc3c2c(Br)nn3C2CCCc3nn(C)cc32)c(OC)c1. The Morgan fingerprint density at radius 2 is 2.06 bits per heavy atom. The minimum atomic E-state index is 0.102. The van der Waals surface area contributed by atoms with Gasteiger partial charge in [-0.3, -0.25) is 4.68 Å². The predicted octanol–water partition coefficient (Wildman–Crippen LogP) is 3.88. The van der Waals surface area contributed by atoms with Crippen LogP contribution in [0, 0.1) is 0 Å². The quantitative estimate of drug-likeness (QED) is 0.432. The van der Waals surface area contributed by atoms with Crippen LogP contribution in [0.5, 0.6) is 11.5 Å². The fraction of sp³-hybridized carbons (Fsp3) is 0.364. The Bertz CT molecular complexity index is 1280. The Morgan fingerprint density at radius 1 is 1.19 bits per heavy atom. The van der Waals surface area contributed by atoms with Crippen LogP contribution in [-0.2, 0) is 20.0 Å². The van der Waals surface area contributed by atoms with Crippen LogP contribution < -0.4 is 14.8 Å². The highest BCUT2D eigenvalue weighted by Crippen LogP contribution is 2.37. The van der Waals surface area contributed by atoms with Gasteiger partial charge in [0.1, 0.15) is 28.2 Å². The van der Waals surface area contributed by atoms with Crippen molar-refractivity contribution in [2.24, 2.45) is 7.05 Å². The van der Waals surface area contributed by atoms with E-state index >= 15 is 0 Å². The Balaban J connectivity index is 1.49. The maximum Gasteiger partial charge on any atom is 0.165 e. The minimum Gasteiger partial charge on any atom is -0.497 e. The lowest BCUT2D eigenvalue weighted by molar-refractivity contribution is 0.391. The van der Waals surface area contributed by atoms with Gasteiger partial charge in [0.2, 0.25) is 0 Å². The molecule has 0 saturated carbocycles. The number of rotatable bonds is 6. The number of nitrogens with zero attached hydrogens (tertiary/aromatic N) is 6. The van der Waals surface area contributed by atoms with Crippen LogP contribution in [-0.4, -0.2) is 43.7 Å². The molecule has 0 fully saturated rings. The molecule has 1 unspecified atom stereocenters. The van der Waals surface area contributed by atoms with E-state index in [1.54, 1.807) is 20.5 Å². The second-order valence-corrected chi connectivity index (χ2v) is 8.55. The topological polar surface area (TPSA) is 91.9 Å². The van der Waals surface area contributed by atoms with E-state index in [0.29, 0.717) is 17.0 Å². The molecule has 0 amide bonds. The van der Waals surface area contributed by atoms with E-state index in [-0.39, 0.29) is 6.04 Å². The Morgan fingerprint density at radius 3 is 2.88 bits per heavy atom. The molecule has 0 aliphatic heterocycles. The monoisotopic (exact) mass is 497 g/mol. The molecule has 9 nitrogen and oxygen atoms in total. The van der Waals surface area contributed by atoms with E-state index in [2.05, 4.69) is 42.5 Å². The third kappa shape index (κ3) is 3.58. The van der Waals surface area contributed by atoms with E-state index in [0.717, 1.165) is 53.1 Å². The van der Waals surface area contributed by atoms with Gasteiger partial charge in [0.25, 0.3) is 0 Å². The molecule has 32 heavy (non-hydrogen) atoms. The van der Waals surface area contributed by atoms with E-state index in [1.807, 2.05) is 34.6 Å². The number of hydrogen-bond acceptors (Lipinski definition) is 7. The number of methoxy groups -OCH3 is 2. The third-order valence-corrected chi connectivity index (χ3v) is 6.42. The van der Waals surface area contributed by atoms with Gasteiger partial charge in [0.05, 0.1) is 31.3 Å². The van der Waals surface area contributed by atoms with E-state index in [4.69, 9.17) is 14.6 Å². The highest BCUT2D eigenvalue weighted by atomic mass is 79.9. The zero-order valence-corrected chi connectivity index (χ0v) is 19.8. The van der Waals surface area contributed by atoms with Gasteiger partial charge in [-0.1, -0.05) is 0 Å². The standard InChI is InChI=1S/C22H24BrN7O2/c1-29-11-15-16(27-29)5-4-6-17(15)30-22-19(20(23)28-30)21(25-12-26-22)24-10-13-7-8-14(31-2)9-18(13)32-3/h7-9,11-12,17H,4-6,10H2,1-3H3,(H,24,25,26). The smallest absolute Gasteiger partial charge is 0.165 e. The maximum absolute atomic E-state index is 5.52. The maximum atomic E-state index is 5.52. The largest absolute Gasteiger partial charge is 0.497 e. The molecule has 1 aliphatic rings. The average Bonchev–Trinajstić information content (AvgIpc) is 3.36. The fourth-order valence-corrected chi connectivity index (χ4v) is 4.89. The summed E-state index contributed by atoms with van der Waals surface area (Å²) < 4.78 is 15.4. The van der Waals surface area contributed by atoms with Gasteiger partial charge in [-0.05, 0) is 47.3 Å². The van der Waals surface area contributed by atoms with Gasteiger partial charge in [0.15, 0.2) is 5.65 Å². The van der Waals surface area contributed by atoms with Crippen molar-refractivity contribution >= 4 is 32.8 Å². The molecule has 1 aromatic carbocycles. The number of halogens is 1. The summed E-state index contributed by atoms with van der Waals surface area (Å²) in [5.74, 6) is 2.22. The van der Waals surface area contributed by atoms with Crippen molar-refractivity contribution in [1.29, 1.82) is 0 Å². The van der Waals surface area contributed by atoms with E-state index in [9.17, 15) is 0 Å². The van der Waals surface area contributed by atoms with Crippen molar-refractivity contribution < 1.29 is 9.47 Å². The number of anilines is 1. The summed E-state index contributed by atoms with van der Waals surface area (Å²) in [4.78, 5) is 9.07. The van der Waals surface area contributed by atoms with Crippen LogP contribution >= 0.6 is 15.9 Å². The first kappa shape index (κ1) is 20.7. The molecule has 0 saturated heterocycles. The number of aromatic nitrogens is 6. The zero-order valence-electron chi connectivity index (χ0n) is 18.2. The summed E-state index contributed by atoms with van der Waals surface area (Å²) >= 11 is 3.64. The van der Waals surface area contributed by atoms with Crippen LogP contribution in [0.25, 0.3) is 11.0 Å². The molecule has 4 aromatic rings. The van der Waals surface area contributed by atoms with Crippen LogP contribution in [0.15, 0.2) is 35.3 Å². The molecular weight excluding hydrogens is 474 g/mol. The second kappa shape index (κ2) is 8.42. The number of fused-ring (bicyclic) bond motifs is 2. The van der Waals surface area contributed by atoms with Crippen LogP contribution in [0.4, 0.5) is 5.82 Å². The summed E-state index contributed by atoms with van der Waals surface area (Å²) in [7, 11) is 5.25. The molecule has 166 valence electrons. The second-order valence-electron chi connectivity index (χ2n) is 7.80. The molecule has 0 radical (unpaired) electrons. The van der Waals surface area contributed by atoms with Crippen LogP contribution in [0.1, 0.15) is 35.7 Å². The van der Waals surface area contributed by atoms with Crippen molar-refractivity contribution in [3.63, 3.8) is 0 Å². The highest BCUT2D eigenvalue weighted by molar-refractivity contribution is 9.10. The lowest BCUT2D eigenvalue weighted by Gasteiger charge is -2.22. The summed E-state index contributed by atoms with van der Waals surface area (Å²) in [5, 5.41) is 13.7. The highest BCUT2D eigenvalue weighted by Gasteiger charge is 2.28. The predicted molar refractivity (Wildman–Crippen MR) is 124 cm³/mol. The molecule has 1 aliphatic carbocycles. The van der Waals surface area contributed by atoms with Gasteiger partial charge >= 0.3 is 0 Å². The molecule has 10 heteroatoms. The molecule has 3 heterocycles. The number of nitrogens with one attached hydrogen (secondary N) is 1. The minimum absolute atomic E-state index is 0.102. The molecular formula is C22H24BrN7O2.